The molecule has 1 aliphatic rings. The zero-order chi connectivity index (χ0) is 19.6. The zero-order valence-electron chi connectivity index (χ0n) is 16.4. The molecule has 0 saturated heterocycles. The van der Waals surface area contributed by atoms with Crippen molar-refractivity contribution in [3.63, 3.8) is 0 Å². The number of anilines is 1. The smallest absolute Gasteiger partial charge is 0.253 e. The fourth-order valence-corrected chi connectivity index (χ4v) is 3.35. The molecule has 0 spiro atoms. The summed E-state index contributed by atoms with van der Waals surface area (Å²) in [5.41, 5.74) is 0.601. The fraction of sp³-hybridized carbons (Fsp3) is 0.455. The number of rotatable bonds is 8. The molecule has 1 aromatic carbocycles. The van der Waals surface area contributed by atoms with Crippen LogP contribution < -0.4 is 20.1 Å². The molecular weight excluding hydrogens is 354 g/mol. The molecule has 0 aliphatic heterocycles. The highest BCUT2D eigenvalue weighted by Gasteiger charge is 2.15. The van der Waals surface area contributed by atoms with Gasteiger partial charge in [0.05, 0.1) is 19.2 Å². The van der Waals surface area contributed by atoms with E-state index in [1.54, 1.807) is 13.3 Å². The fourth-order valence-electron chi connectivity index (χ4n) is 3.35. The van der Waals surface area contributed by atoms with Gasteiger partial charge in [-0.3, -0.25) is 4.79 Å². The number of aromatic nitrogens is 1. The number of nitrogens with zero attached hydrogens (tertiary/aromatic N) is 1. The lowest BCUT2D eigenvalue weighted by molar-refractivity contribution is 0.0933. The average Bonchev–Trinajstić information content (AvgIpc) is 3.01. The number of pyridine rings is 1. The maximum Gasteiger partial charge on any atom is 0.253 e. The average molecular weight is 383 g/mol. The van der Waals surface area contributed by atoms with E-state index < -0.39 is 0 Å². The third-order valence-corrected chi connectivity index (χ3v) is 4.95. The van der Waals surface area contributed by atoms with Gasteiger partial charge in [0.25, 0.3) is 5.91 Å². The number of hydrogen-bond acceptors (Lipinski definition) is 5. The Morgan fingerprint density at radius 3 is 2.39 bits per heavy atom. The van der Waals surface area contributed by atoms with E-state index >= 15 is 0 Å². The van der Waals surface area contributed by atoms with E-state index in [4.69, 9.17) is 9.47 Å². The van der Waals surface area contributed by atoms with Crippen LogP contribution in [0.25, 0.3) is 0 Å². The molecule has 0 bridgehead atoms. The molecule has 3 rings (SSSR count). The minimum Gasteiger partial charge on any atom is -0.497 e. The predicted molar refractivity (Wildman–Crippen MR) is 110 cm³/mol. The number of carbonyl (C=O) groups excluding carboxylic acids is 1. The van der Waals surface area contributed by atoms with E-state index in [0.29, 0.717) is 24.8 Å². The molecule has 1 aromatic heterocycles. The van der Waals surface area contributed by atoms with Crippen molar-refractivity contribution in [1.82, 2.24) is 10.3 Å². The lowest BCUT2D eigenvalue weighted by Gasteiger charge is -2.16. The summed E-state index contributed by atoms with van der Waals surface area (Å²) in [5, 5.41) is 6.35. The summed E-state index contributed by atoms with van der Waals surface area (Å²) in [5.74, 6) is 2.29. The molecule has 1 fully saturated rings. The highest BCUT2D eigenvalue weighted by atomic mass is 16.5. The van der Waals surface area contributed by atoms with Crippen molar-refractivity contribution >= 4 is 11.7 Å². The van der Waals surface area contributed by atoms with Crippen LogP contribution in [-0.2, 0) is 0 Å². The summed E-state index contributed by atoms with van der Waals surface area (Å²) in [6.07, 6.45) is 8.72. The summed E-state index contributed by atoms with van der Waals surface area (Å²) in [7, 11) is 1.64. The Balaban J connectivity index is 1.40. The van der Waals surface area contributed by atoms with Crippen molar-refractivity contribution < 1.29 is 14.3 Å². The number of amides is 1. The van der Waals surface area contributed by atoms with E-state index in [9.17, 15) is 4.79 Å². The maximum absolute atomic E-state index is 12.4. The molecule has 150 valence electrons. The third kappa shape index (κ3) is 6.15. The number of nitrogens with one attached hydrogen (secondary N) is 2. The molecule has 0 unspecified atom stereocenters. The summed E-state index contributed by atoms with van der Waals surface area (Å²) < 4.78 is 10.8. The molecular formula is C22H29N3O3. The van der Waals surface area contributed by atoms with Crippen LogP contribution in [-0.4, -0.2) is 37.2 Å². The number of carbonyl (C=O) groups is 1. The van der Waals surface area contributed by atoms with Crippen LogP contribution in [0.3, 0.4) is 0 Å². The molecule has 0 atom stereocenters. The van der Waals surface area contributed by atoms with Gasteiger partial charge < -0.3 is 20.1 Å². The highest BCUT2D eigenvalue weighted by Crippen LogP contribution is 2.18. The SMILES string of the molecule is COc1ccc(OCCNc2ccc(C(=O)NC3CCCCCC3)cn2)cc1. The molecule has 0 radical (unpaired) electrons. The second kappa shape index (κ2) is 10.5. The van der Waals surface area contributed by atoms with Crippen LogP contribution in [0, 0.1) is 0 Å². The van der Waals surface area contributed by atoms with Gasteiger partial charge >= 0.3 is 0 Å². The second-order valence-corrected chi connectivity index (χ2v) is 7.04. The van der Waals surface area contributed by atoms with Crippen molar-refractivity contribution in [2.24, 2.45) is 0 Å². The topological polar surface area (TPSA) is 72.5 Å². The largest absolute Gasteiger partial charge is 0.497 e. The van der Waals surface area contributed by atoms with Crippen LogP contribution in [0.5, 0.6) is 11.5 Å². The van der Waals surface area contributed by atoms with Gasteiger partial charge in [-0.05, 0) is 49.2 Å². The van der Waals surface area contributed by atoms with Crippen LogP contribution in [0.4, 0.5) is 5.82 Å². The lowest BCUT2D eigenvalue weighted by Crippen LogP contribution is -2.34. The Bertz CT molecular complexity index is 724. The molecule has 28 heavy (non-hydrogen) atoms. The van der Waals surface area contributed by atoms with Crippen molar-refractivity contribution in [2.75, 3.05) is 25.6 Å². The monoisotopic (exact) mass is 383 g/mol. The van der Waals surface area contributed by atoms with Gasteiger partial charge in [0.1, 0.15) is 23.9 Å². The Morgan fingerprint density at radius 2 is 1.75 bits per heavy atom. The first-order chi connectivity index (χ1) is 13.7. The first kappa shape index (κ1) is 20.0. The lowest BCUT2D eigenvalue weighted by atomic mass is 10.1. The first-order valence-electron chi connectivity index (χ1n) is 10.0. The van der Waals surface area contributed by atoms with Crippen molar-refractivity contribution in [2.45, 2.75) is 44.6 Å². The third-order valence-electron chi connectivity index (χ3n) is 4.95. The van der Waals surface area contributed by atoms with E-state index in [1.165, 1.54) is 25.7 Å². The Kier molecular flexibility index (Phi) is 7.53. The maximum atomic E-state index is 12.4. The summed E-state index contributed by atoms with van der Waals surface area (Å²) in [6.45, 7) is 1.13. The number of benzene rings is 1. The van der Waals surface area contributed by atoms with Gasteiger partial charge in [-0.1, -0.05) is 25.7 Å². The molecule has 1 amide bonds. The predicted octanol–water partition coefficient (Wildman–Crippen LogP) is 4.03. The van der Waals surface area contributed by atoms with E-state index in [-0.39, 0.29) is 5.91 Å². The van der Waals surface area contributed by atoms with Crippen LogP contribution >= 0.6 is 0 Å². The van der Waals surface area contributed by atoms with Gasteiger partial charge in [-0.15, -0.1) is 0 Å². The van der Waals surface area contributed by atoms with Crippen LogP contribution in [0.1, 0.15) is 48.9 Å². The quantitative estimate of drug-likeness (QED) is 0.532. The van der Waals surface area contributed by atoms with Gasteiger partial charge in [0, 0.05) is 12.2 Å². The summed E-state index contributed by atoms with van der Waals surface area (Å²) in [4.78, 5) is 16.7. The minimum absolute atomic E-state index is 0.0335. The standard InChI is InChI=1S/C22H29N3O3/c1-27-19-9-11-20(12-10-19)28-15-14-23-21-13-8-17(16-24-21)22(26)25-18-6-4-2-3-5-7-18/h8-13,16,18H,2-7,14-15H2,1H3,(H,23,24)(H,25,26). The Labute approximate surface area is 166 Å². The van der Waals surface area contributed by atoms with E-state index in [2.05, 4.69) is 15.6 Å². The van der Waals surface area contributed by atoms with Crippen molar-refractivity contribution in [3.8, 4) is 11.5 Å². The highest BCUT2D eigenvalue weighted by molar-refractivity contribution is 5.94. The van der Waals surface area contributed by atoms with Gasteiger partial charge in [0.15, 0.2) is 0 Å². The van der Waals surface area contributed by atoms with Crippen LogP contribution in [0.15, 0.2) is 42.6 Å². The van der Waals surface area contributed by atoms with E-state index in [1.807, 2.05) is 36.4 Å². The van der Waals surface area contributed by atoms with E-state index in [0.717, 1.165) is 30.2 Å². The Morgan fingerprint density at radius 1 is 1.04 bits per heavy atom. The second-order valence-electron chi connectivity index (χ2n) is 7.04. The van der Waals surface area contributed by atoms with Crippen molar-refractivity contribution in [1.29, 1.82) is 0 Å². The molecule has 1 saturated carbocycles. The summed E-state index contributed by atoms with van der Waals surface area (Å²) >= 11 is 0. The Hall–Kier alpha value is -2.76. The van der Waals surface area contributed by atoms with Crippen molar-refractivity contribution in [3.05, 3.63) is 48.2 Å². The zero-order valence-corrected chi connectivity index (χ0v) is 16.4. The summed E-state index contributed by atoms with van der Waals surface area (Å²) in [6, 6.07) is 11.4. The molecule has 2 N–H and O–H groups in total. The van der Waals surface area contributed by atoms with Gasteiger partial charge in [-0.25, -0.2) is 4.98 Å². The molecule has 6 nitrogen and oxygen atoms in total. The molecule has 1 aliphatic carbocycles. The van der Waals surface area contributed by atoms with Gasteiger partial charge in [0.2, 0.25) is 0 Å². The normalized spacial score (nSPS) is 14.8. The number of methoxy groups -OCH3 is 1. The molecule has 6 heteroatoms. The molecule has 2 aromatic rings. The van der Waals surface area contributed by atoms with Crippen LogP contribution in [0.2, 0.25) is 0 Å². The number of hydrogen-bond donors (Lipinski definition) is 2. The number of ether oxygens (including phenoxy) is 2. The first-order valence-corrected chi connectivity index (χ1v) is 10.0. The molecule has 1 heterocycles. The van der Waals surface area contributed by atoms with Gasteiger partial charge in [-0.2, -0.15) is 0 Å². The minimum atomic E-state index is -0.0335.